The monoisotopic (exact) mass is 1650 g/mol. The minimum absolute atomic E-state index is 0. The number of aldehydes is 1. The van der Waals surface area contributed by atoms with Crippen molar-refractivity contribution in [1.82, 2.24) is 46.5 Å². The van der Waals surface area contributed by atoms with Crippen molar-refractivity contribution in [2.24, 2.45) is 4.99 Å². The number of carbonyl (C=O) groups is 4. The number of ether oxygens (including phenoxy) is 2. The zero-order valence-corrected chi connectivity index (χ0v) is 68.1. The fourth-order valence-electron chi connectivity index (χ4n) is 11.4. The molecule has 0 amide bonds. The quantitative estimate of drug-likeness (QED) is 0.0655. The molecule has 3 aromatic carbocycles. The highest BCUT2D eigenvalue weighted by Crippen LogP contribution is 2.36. The summed E-state index contributed by atoms with van der Waals surface area (Å²) in [4.78, 5) is 142. The number of hydrogen-bond acceptors (Lipinski definition) is 18. The van der Waals surface area contributed by atoms with Crippen molar-refractivity contribution in [3.8, 4) is 10.0 Å². The van der Waals surface area contributed by atoms with Crippen LogP contribution in [0.3, 0.4) is 0 Å². The molecule has 0 saturated carbocycles. The molecule has 11 aromatic rings. The molecule has 0 bridgehead atoms. The number of aliphatic imine (C=N–C) groups is 1. The normalized spacial score (nSPS) is 12.2. The average molecular weight is 1650 g/mol. The number of aliphatic carboxylic acids is 1. The number of carboxylic acids is 1. The van der Waals surface area contributed by atoms with E-state index >= 15 is 0 Å². The van der Waals surface area contributed by atoms with Gasteiger partial charge < -0.3 is 14.6 Å². The number of halogens is 4. The number of nitrogens with zero attached hydrogens (tertiary/aromatic N) is 11. The Balaban J connectivity index is 0.000000240. The first kappa shape index (κ1) is 88.0. The van der Waals surface area contributed by atoms with Gasteiger partial charge in [0.2, 0.25) is 6.29 Å². The molecule has 8 aromatic heterocycles. The highest BCUT2D eigenvalue weighted by molar-refractivity contribution is 9.11. The van der Waals surface area contributed by atoms with Gasteiger partial charge in [-0.05, 0) is 172 Å². The number of thiophene rings is 3. The number of aromatic nitrogens is 10. The van der Waals surface area contributed by atoms with Crippen LogP contribution in [-0.4, -0.2) is 99.4 Å². The summed E-state index contributed by atoms with van der Waals surface area (Å²) >= 11 is 7.55. The summed E-state index contributed by atoms with van der Waals surface area (Å²) in [5, 5.41) is 12.5. The fourth-order valence-corrected chi connectivity index (χ4v) is 15.6. The topological polar surface area (TPSA) is 287 Å². The van der Waals surface area contributed by atoms with Crippen LogP contribution in [0, 0.1) is 20.8 Å². The molecule has 111 heavy (non-hydrogen) atoms. The maximum Gasteiger partial charge on any atom is 0.446 e. The summed E-state index contributed by atoms with van der Waals surface area (Å²) in [7, 11) is 0. The number of alkyl halides is 3. The first-order chi connectivity index (χ1) is 52.0. The molecule has 1 N–H and O–H groups in total. The summed E-state index contributed by atoms with van der Waals surface area (Å²) in [5.74, 6) is -2.51. The number of imidazole rings is 2. The molecule has 0 saturated heterocycles. The van der Waals surface area contributed by atoms with Crippen LogP contribution in [-0.2, 0) is 84.2 Å². The number of carbonyl (C=O) groups excluding carboxylic acids is 3. The van der Waals surface area contributed by atoms with Gasteiger partial charge in [0, 0.05) is 64.6 Å². The molecule has 0 atom stereocenters. The van der Waals surface area contributed by atoms with Gasteiger partial charge in [0.1, 0.15) is 52.3 Å². The Morgan fingerprint density at radius 3 is 1.13 bits per heavy atom. The van der Waals surface area contributed by atoms with Gasteiger partial charge in [0.15, 0.2) is 0 Å². The van der Waals surface area contributed by atoms with Crippen LogP contribution in [0.15, 0.2) is 178 Å². The van der Waals surface area contributed by atoms with Gasteiger partial charge in [-0.25, -0.2) is 52.4 Å². The molecule has 12 rings (SSSR count). The third kappa shape index (κ3) is 21.1. The van der Waals surface area contributed by atoms with E-state index in [4.69, 9.17) is 15.6 Å². The van der Waals surface area contributed by atoms with Gasteiger partial charge in [-0.2, -0.15) is 13.2 Å². The fraction of sp³-hybridized carbons (Fsp3) is 0.388. The Kier molecular flexibility index (Phi) is 29.5. The lowest BCUT2D eigenvalue weighted by Crippen LogP contribution is -2.54. The third-order valence-corrected chi connectivity index (χ3v) is 21.9. The standard InChI is InChI=1S/C26H30N4O4S.C23H27BrN2O4S.C22H22N4O4S.C4H5N.C2HF3O.C2H6.CH4/c1-17-19-20(31)30(26(5,6)23(32)34-25(2,3)4)24(33)29(14-12-18-10-8-7-9-11-18)22(19)35-21(17)28-15-13-27-16-28;1-14-16-18(27)26(23(5,6)20(28)30-22(2,3)4)21(29)25(19(16)31-17(14)24)13-12-15-10-8-7-9-11-15;1-14-16-17(27)26(22(2,3)20(28)29)21(30)25(11-9-15-7-5-4-6-8-15)19(16)31-18(14)24-12-10-23-13-24;1-2-4-5-3-1;3-2(4,5)1-6;1-2;/h7-11,13,15-16H,12,14H2,1-6H3;7-11H,12-13H2,1-6H3;4-8,10,12-13H,9,11H2,1-3H3,(H,28,29);1,3-4H,2H2;1H;1-2H3;1H4/i;;;;;1D;. The number of rotatable bonds is 17. The minimum Gasteiger partial charge on any atom is -0.480 e. The van der Waals surface area contributed by atoms with Gasteiger partial charge in [-0.15, -0.1) is 11.3 Å². The molecule has 0 fully saturated rings. The van der Waals surface area contributed by atoms with Crippen LogP contribution in [0.25, 0.3) is 40.7 Å². The van der Waals surface area contributed by atoms with E-state index in [-0.39, 0.29) is 7.43 Å². The van der Waals surface area contributed by atoms with Gasteiger partial charge in [0.05, 0.1) is 32.6 Å². The Bertz CT molecular complexity index is 5550. The van der Waals surface area contributed by atoms with E-state index in [1.165, 1.54) is 52.4 Å². The second-order valence-corrected chi connectivity index (χ2v) is 32.8. The van der Waals surface area contributed by atoms with Crippen LogP contribution in [0.4, 0.5) is 13.2 Å². The Morgan fingerprint density at radius 1 is 0.550 bits per heavy atom. The van der Waals surface area contributed by atoms with Gasteiger partial charge in [0.25, 0.3) is 16.7 Å². The largest absolute Gasteiger partial charge is 0.480 e. The Labute approximate surface area is 661 Å². The van der Waals surface area contributed by atoms with Crippen molar-refractivity contribution < 1.29 is 48.3 Å². The van der Waals surface area contributed by atoms with Gasteiger partial charge >= 0.3 is 41.2 Å². The molecule has 0 radical (unpaired) electrons. The molecule has 0 spiro atoms. The highest BCUT2D eigenvalue weighted by Gasteiger charge is 2.41. The maximum atomic E-state index is 13.9. The maximum absolute atomic E-state index is 13.9. The molecule has 1 aliphatic rings. The van der Waals surface area contributed by atoms with Crippen molar-refractivity contribution >= 4 is 111 Å². The van der Waals surface area contributed by atoms with Crippen LogP contribution in [0.5, 0.6) is 0 Å². The van der Waals surface area contributed by atoms with Crippen molar-refractivity contribution in [3.05, 3.63) is 240 Å². The number of fused-ring (bicyclic) bond motifs is 3. The Hall–Kier alpha value is -10.2. The first-order valence-corrected chi connectivity index (χ1v) is 38.0. The molecule has 9 heterocycles. The van der Waals surface area contributed by atoms with Crippen LogP contribution in [0.1, 0.15) is 146 Å². The summed E-state index contributed by atoms with van der Waals surface area (Å²) in [6.45, 7) is 28.3. The lowest BCUT2D eigenvalue weighted by molar-refractivity contribution is -0.165. The summed E-state index contributed by atoms with van der Waals surface area (Å²) in [6, 6.07) is 29.4. The number of carboxylic acid groups (broad SMARTS) is 1. The zero-order chi connectivity index (χ0) is 82.5. The molecule has 31 heteroatoms. The SMILES string of the molecule is C.C1=CN=CC1.Cc1c(-n2ccnc2)sc2c1c(=O)n(C(C)(C)C(=O)O)c(=O)n2CCc1ccccc1.Cc1c(-n2ccnc2)sc2c1c(=O)n(C(C)(C)C(=O)OC(C)(C)C)c(=O)n2CCc1ccccc1.Cc1c(Br)sc2c1c(=O)n(C(C)(C)C(=O)OC(C)(C)C)c(=O)n2CCc1ccccc1.O=CC(F)(F)F.[2H]CC. The van der Waals surface area contributed by atoms with Gasteiger partial charge in [-0.1, -0.05) is 141 Å². The van der Waals surface area contributed by atoms with E-state index in [1.54, 1.807) is 140 Å². The number of aryl methyl sites for hydroxylation is 9. The summed E-state index contributed by atoms with van der Waals surface area (Å²) in [5.41, 5.74) is -4.05. The number of benzene rings is 3. The number of allylic oxidation sites excluding steroid dienone is 1. The molecular weight excluding hydrogens is 1560 g/mol. The number of esters is 2. The smallest absolute Gasteiger partial charge is 0.446 e. The average Bonchev–Trinajstić information content (AvgIpc) is 1.58. The van der Waals surface area contributed by atoms with E-state index in [2.05, 4.69) is 30.9 Å². The van der Waals surface area contributed by atoms with E-state index in [1.807, 2.05) is 122 Å². The van der Waals surface area contributed by atoms with E-state index in [9.17, 15) is 61.4 Å². The highest BCUT2D eigenvalue weighted by atomic mass is 79.9. The van der Waals surface area contributed by atoms with Crippen molar-refractivity contribution in [2.45, 2.75) is 204 Å². The molecule has 0 aliphatic carbocycles. The number of hydrogen-bond donors (Lipinski definition) is 1. The van der Waals surface area contributed by atoms with Crippen LogP contribution >= 0.6 is 49.9 Å². The van der Waals surface area contributed by atoms with E-state index in [0.29, 0.717) is 82.0 Å². The van der Waals surface area contributed by atoms with Gasteiger partial charge in [-0.3, -0.25) is 47.0 Å². The summed E-state index contributed by atoms with van der Waals surface area (Å²) in [6.07, 6.45) is 13.0. The third-order valence-electron chi connectivity index (χ3n) is 17.1. The molecule has 24 nitrogen and oxygen atoms in total. The lowest BCUT2D eigenvalue weighted by atomic mass is 10.0. The molecule has 0 unspecified atom stereocenters. The zero-order valence-electron chi connectivity index (χ0n) is 65.1. The molecular formula is C80H95BrF3N11O13S3. The first-order valence-electron chi connectivity index (χ1n) is 35.5. The minimum atomic E-state index is -4.64. The van der Waals surface area contributed by atoms with Crippen LogP contribution in [0.2, 0.25) is 0 Å². The Morgan fingerprint density at radius 2 is 0.865 bits per heavy atom. The predicted octanol–water partition coefficient (Wildman–Crippen LogP) is 14.8. The molecule has 1 aliphatic heterocycles. The predicted molar refractivity (Wildman–Crippen MR) is 437 cm³/mol. The van der Waals surface area contributed by atoms with Crippen molar-refractivity contribution in [3.63, 3.8) is 0 Å². The lowest BCUT2D eigenvalue weighted by Gasteiger charge is -2.30. The van der Waals surface area contributed by atoms with Crippen molar-refractivity contribution in [1.29, 1.82) is 0 Å². The van der Waals surface area contributed by atoms with Crippen molar-refractivity contribution in [2.75, 3.05) is 0 Å². The van der Waals surface area contributed by atoms with Crippen LogP contribution < -0.4 is 33.7 Å². The van der Waals surface area contributed by atoms with E-state index in [0.717, 1.165) is 61.7 Å². The second-order valence-electron chi connectivity index (χ2n) is 28.6. The molecule has 594 valence electrons. The second kappa shape index (κ2) is 37.2. The van der Waals surface area contributed by atoms with E-state index < -0.39 is 91.9 Å². The summed E-state index contributed by atoms with van der Waals surface area (Å²) < 4.78 is 60.7.